The highest BCUT2D eigenvalue weighted by molar-refractivity contribution is 5.96. The molecule has 2 aliphatic rings. The Morgan fingerprint density at radius 2 is 1.46 bits per heavy atom. The van der Waals surface area contributed by atoms with E-state index in [1.54, 1.807) is 18.2 Å². The Balaban J connectivity index is 1.73. The van der Waals surface area contributed by atoms with Crippen molar-refractivity contribution in [3.8, 4) is 23.0 Å². The summed E-state index contributed by atoms with van der Waals surface area (Å²) in [5, 5.41) is 24.1. The van der Waals surface area contributed by atoms with Gasteiger partial charge in [-0.15, -0.1) is 13.2 Å². The Labute approximate surface area is 267 Å². The van der Waals surface area contributed by atoms with E-state index >= 15 is 0 Å². The third kappa shape index (κ3) is 4.65. The number of hydrogen-bond acceptors (Lipinski definition) is 8. The third-order valence-electron chi connectivity index (χ3n) is 9.35. The first-order chi connectivity index (χ1) is 21.3. The van der Waals surface area contributed by atoms with E-state index in [2.05, 4.69) is 13.2 Å². The molecule has 0 amide bonds. The van der Waals surface area contributed by atoms with E-state index in [1.807, 2.05) is 67.5 Å². The summed E-state index contributed by atoms with van der Waals surface area (Å²) >= 11 is 0. The average molecular weight is 625 g/mol. The average Bonchev–Trinajstić information content (AvgIpc) is 2.95. The predicted molar refractivity (Wildman–Crippen MR) is 180 cm³/mol. The molecule has 2 aromatic carbocycles. The number of rotatable bonds is 5. The number of allylic oxidation sites excluding steroid dienone is 2. The van der Waals surface area contributed by atoms with Crippen LogP contribution in [0, 0.1) is 0 Å². The minimum absolute atomic E-state index is 0.0881. The van der Waals surface area contributed by atoms with Crippen molar-refractivity contribution in [2.75, 3.05) is 0 Å². The van der Waals surface area contributed by atoms with Crippen LogP contribution >= 0.6 is 0 Å². The SMILES string of the molecule is C=CC(C)(C)c1c2c(c(O)c3cc(C4CC(C)(C)Oc5c4c(O)c4ccc(=O)oc4c5C(C)(C)C=C)c(=O)oc13)C=CC(C)(C)O2. The van der Waals surface area contributed by atoms with Crippen molar-refractivity contribution in [1.82, 2.24) is 0 Å². The van der Waals surface area contributed by atoms with Gasteiger partial charge in [-0.2, -0.15) is 0 Å². The highest BCUT2D eigenvalue weighted by atomic mass is 16.5. The largest absolute Gasteiger partial charge is 0.507 e. The van der Waals surface area contributed by atoms with E-state index in [0.29, 0.717) is 50.9 Å². The van der Waals surface area contributed by atoms with Crippen molar-refractivity contribution < 1.29 is 28.5 Å². The van der Waals surface area contributed by atoms with Crippen molar-refractivity contribution in [3.63, 3.8) is 0 Å². The maximum atomic E-state index is 14.2. The fourth-order valence-corrected chi connectivity index (χ4v) is 6.68. The lowest BCUT2D eigenvalue weighted by atomic mass is 9.74. The number of phenolic OH excluding ortho intramolecular Hbond substituents is 2. The zero-order valence-electron chi connectivity index (χ0n) is 27.6. The zero-order valence-corrected chi connectivity index (χ0v) is 27.6. The smallest absolute Gasteiger partial charge is 0.340 e. The summed E-state index contributed by atoms with van der Waals surface area (Å²) in [5.41, 5.74) is -1.56. The van der Waals surface area contributed by atoms with E-state index in [4.69, 9.17) is 18.3 Å². The molecule has 8 heteroatoms. The molecule has 0 bridgehead atoms. The molecular weight excluding hydrogens is 584 g/mol. The standard InChI is InChI=1S/C38H40O8/c1-11-35(3,4)26-31-22(28(40)20-15-16-37(7,8)45-32(20)26)17-21(34(42)44-31)23-18-38(9,10)46-33-25(23)29(41)19-13-14-24(39)43-30(19)27(33)36(5,6)12-2/h11-17,23,40-41H,1-2,18H2,3-10H3. The second-order valence-corrected chi connectivity index (χ2v) is 14.7. The number of phenols is 2. The number of aromatic hydroxyl groups is 2. The van der Waals surface area contributed by atoms with Crippen LogP contribution in [0.4, 0.5) is 0 Å². The lowest BCUT2D eigenvalue weighted by Crippen LogP contribution is -2.38. The van der Waals surface area contributed by atoms with E-state index < -0.39 is 39.2 Å². The molecule has 4 heterocycles. The van der Waals surface area contributed by atoms with Crippen LogP contribution in [0.2, 0.25) is 0 Å². The van der Waals surface area contributed by atoms with Crippen LogP contribution in [-0.2, 0) is 10.8 Å². The molecule has 2 N–H and O–H groups in total. The van der Waals surface area contributed by atoms with Gasteiger partial charge in [0.05, 0.1) is 16.3 Å². The van der Waals surface area contributed by atoms with Gasteiger partial charge in [0.15, 0.2) is 0 Å². The number of benzene rings is 2. The molecule has 0 aliphatic carbocycles. The van der Waals surface area contributed by atoms with Gasteiger partial charge in [0.25, 0.3) is 0 Å². The molecule has 240 valence electrons. The summed E-state index contributed by atoms with van der Waals surface area (Å²) in [4.78, 5) is 26.5. The number of fused-ring (bicyclic) bond motifs is 4. The molecule has 1 atom stereocenters. The van der Waals surface area contributed by atoms with Crippen molar-refractivity contribution in [1.29, 1.82) is 0 Å². The zero-order chi connectivity index (χ0) is 33.7. The monoisotopic (exact) mass is 624 g/mol. The van der Waals surface area contributed by atoms with Crippen molar-refractivity contribution in [2.45, 2.75) is 89.8 Å². The Kier molecular flexibility index (Phi) is 6.72. The van der Waals surface area contributed by atoms with E-state index in [-0.39, 0.29) is 28.2 Å². The molecule has 0 radical (unpaired) electrons. The lowest BCUT2D eigenvalue weighted by molar-refractivity contribution is 0.0739. The molecule has 8 nitrogen and oxygen atoms in total. The highest BCUT2D eigenvalue weighted by Crippen LogP contribution is 2.56. The third-order valence-corrected chi connectivity index (χ3v) is 9.35. The van der Waals surface area contributed by atoms with Crippen LogP contribution < -0.4 is 20.7 Å². The molecule has 0 saturated carbocycles. The van der Waals surface area contributed by atoms with E-state index in [9.17, 15) is 19.8 Å². The summed E-state index contributed by atoms with van der Waals surface area (Å²) in [6.07, 6.45) is 7.46. The number of hydrogen-bond donors (Lipinski definition) is 2. The Bertz CT molecular complexity index is 2130. The van der Waals surface area contributed by atoms with E-state index in [1.165, 1.54) is 12.1 Å². The highest BCUT2D eigenvalue weighted by Gasteiger charge is 2.44. The maximum Gasteiger partial charge on any atom is 0.340 e. The fourth-order valence-electron chi connectivity index (χ4n) is 6.68. The van der Waals surface area contributed by atoms with Gasteiger partial charge in [-0.1, -0.05) is 39.8 Å². The molecule has 46 heavy (non-hydrogen) atoms. The molecule has 2 aromatic heterocycles. The first kappa shape index (κ1) is 31.3. The molecule has 6 rings (SSSR count). The lowest BCUT2D eigenvalue weighted by Gasteiger charge is -2.41. The van der Waals surface area contributed by atoms with Crippen LogP contribution in [0.15, 0.2) is 68.0 Å². The minimum Gasteiger partial charge on any atom is -0.507 e. The van der Waals surface area contributed by atoms with Gasteiger partial charge in [0.1, 0.15) is 45.4 Å². The normalized spacial score (nSPS) is 18.4. The first-order valence-electron chi connectivity index (χ1n) is 15.4. The molecule has 0 saturated heterocycles. The predicted octanol–water partition coefficient (Wildman–Crippen LogP) is 8.12. The van der Waals surface area contributed by atoms with Crippen LogP contribution in [0.3, 0.4) is 0 Å². The van der Waals surface area contributed by atoms with E-state index in [0.717, 1.165) is 0 Å². The fraction of sp³-hybridized carbons (Fsp3) is 0.368. The second-order valence-electron chi connectivity index (χ2n) is 14.7. The quantitative estimate of drug-likeness (QED) is 0.169. The first-order valence-corrected chi connectivity index (χ1v) is 15.4. The number of ether oxygens (including phenoxy) is 2. The van der Waals surface area contributed by atoms with Crippen LogP contribution in [0.1, 0.15) is 95.5 Å². The molecule has 0 spiro atoms. The second kappa shape index (κ2) is 9.89. The Hall–Kier alpha value is -4.72. The van der Waals surface area contributed by atoms with Crippen LogP contribution in [0.25, 0.3) is 28.0 Å². The molecule has 4 aromatic rings. The summed E-state index contributed by atoms with van der Waals surface area (Å²) in [7, 11) is 0. The van der Waals surface area contributed by atoms with Crippen LogP contribution in [0.5, 0.6) is 23.0 Å². The van der Waals surface area contributed by atoms with Crippen molar-refractivity contribution in [3.05, 3.63) is 98.2 Å². The van der Waals surface area contributed by atoms with Gasteiger partial charge >= 0.3 is 11.3 Å². The van der Waals surface area contributed by atoms with Gasteiger partial charge in [-0.25, -0.2) is 9.59 Å². The maximum absolute atomic E-state index is 14.2. The van der Waals surface area contributed by atoms with Crippen molar-refractivity contribution >= 4 is 28.0 Å². The van der Waals surface area contributed by atoms with Gasteiger partial charge in [0, 0.05) is 45.1 Å². The Morgan fingerprint density at radius 3 is 2.09 bits per heavy atom. The van der Waals surface area contributed by atoms with Gasteiger partial charge in [0.2, 0.25) is 0 Å². The van der Waals surface area contributed by atoms with Crippen LogP contribution in [-0.4, -0.2) is 21.4 Å². The molecule has 2 aliphatic heterocycles. The summed E-state index contributed by atoms with van der Waals surface area (Å²) in [5.74, 6) is -0.231. The molecule has 0 fully saturated rings. The summed E-state index contributed by atoms with van der Waals surface area (Å²) < 4.78 is 24.8. The van der Waals surface area contributed by atoms with Gasteiger partial charge in [-0.3, -0.25) is 0 Å². The van der Waals surface area contributed by atoms with Crippen molar-refractivity contribution in [2.24, 2.45) is 0 Å². The van der Waals surface area contributed by atoms with Gasteiger partial charge < -0.3 is 28.5 Å². The Morgan fingerprint density at radius 1 is 0.848 bits per heavy atom. The van der Waals surface area contributed by atoms with Gasteiger partial charge in [-0.05, 0) is 58.4 Å². The summed E-state index contributed by atoms with van der Waals surface area (Å²) in [6.45, 7) is 23.3. The minimum atomic E-state index is -0.823. The summed E-state index contributed by atoms with van der Waals surface area (Å²) in [6, 6.07) is 4.40. The topological polar surface area (TPSA) is 119 Å². The molecule has 1 unspecified atom stereocenters. The molecular formula is C38H40O8.